The lowest BCUT2D eigenvalue weighted by Gasteiger charge is -2.23. The molecule has 126 valence electrons. The minimum Gasteiger partial charge on any atom is -0.320 e. The van der Waals surface area contributed by atoms with Crippen molar-refractivity contribution in [2.75, 3.05) is 5.32 Å². The first-order valence-corrected chi connectivity index (χ1v) is 8.28. The van der Waals surface area contributed by atoms with Crippen molar-refractivity contribution < 1.29 is 0 Å². The smallest absolute Gasteiger partial charge is 0.287 e. The molecule has 26 heavy (non-hydrogen) atoms. The normalized spacial score (nSPS) is 20.8. The van der Waals surface area contributed by atoms with E-state index in [1.54, 1.807) is 12.4 Å². The van der Waals surface area contributed by atoms with Crippen molar-refractivity contribution in [2.45, 2.75) is 0 Å². The number of para-hydroxylation sites is 1. The number of aryl methyl sites for hydroxylation is 1. The predicted octanol–water partition coefficient (Wildman–Crippen LogP) is 3.23. The second kappa shape index (κ2) is 5.47. The standard InChI is InChI=1S/C19H16N7/c1-25-17-11-15(8-7-14(17)12-21-25)22-19-23-18-13-20-9-10-26(18,24-19)16-5-3-2-4-6-16/h2-13H,1H3,(H,22,24)/q+1. The number of hydrogen-bond donors (Lipinski definition) is 1. The van der Waals surface area contributed by atoms with Crippen LogP contribution in [0.2, 0.25) is 0 Å². The van der Waals surface area contributed by atoms with Crippen LogP contribution in [0.25, 0.3) is 10.9 Å². The number of guanidine groups is 1. The van der Waals surface area contributed by atoms with Crippen molar-refractivity contribution in [3.63, 3.8) is 0 Å². The van der Waals surface area contributed by atoms with Crippen LogP contribution in [-0.2, 0) is 7.05 Å². The predicted molar refractivity (Wildman–Crippen MR) is 105 cm³/mol. The van der Waals surface area contributed by atoms with E-state index in [9.17, 15) is 0 Å². The summed E-state index contributed by atoms with van der Waals surface area (Å²) in [7, 11) is 1.93. The van der Waals surface area contributed by atoms with Crippen molar-refractivity contribution in [2.24, 2.45) is 22.1 Å². The fourth-order valence-corrected chi connectivity index (χ4v) is 3.21. The zero-order chi connectivity index (χ0) is 17.6. The van der Waals surface area contributed by atoms with Crippen molar-refractivity contribution >= 4 is 40.3 Å². The zero-order valence-corrected chi connectivity index (χ0v) is 14.1. The van der Waals surface area contributed by atoms with Gasteiger partial charge >= 0.3 is 0 Å². The van der Waals surface area contributed by atoms with E-state index < -0.39 is 0 Å². The molecule has 5 rings (SSSR count). The number of anilines is 1. The molecule has 7 nitrogen and oxygen atoms in total. The number of amidine groups is 1. The monoisotopic (exact) mass is 342 g/mol. The van der Waals surface area contributed by atoms with Crippen molar-refractivity contribution in [1.29, 1.82) is 0 Å². The van der Waals surface area contributed by atoms with E-state index in [0.29, 0.717) is 5.96 Å². The highest BCUT2D eigenvalue weighted by Gasteiger charge is 2.42. The van der Waals surface area contributed by atoms with Crippen molar-refractivity contribution in [3.05, 3.63) is 67.1 Å². The summed E-state index contributed by atoms with van der Waals surface area (Å²) in [5.74, 6) is 1.30. The third-order valence-corrected chi connectivity index (χ3v) is 4.54. The Morgan fingerprint density at radius 3 is 2.85 bits per heavy atom. The molecule has 0 saturated carbocycles. The van der Waals surface area contributed by atoms with Crippen LogP contribution >= 0.6 is 0 Å². The van der Waals surface area contributed by atoms with Crippen LogP contribution in [0.4, 0.5) is 11.4 Å². The van der Waals surface area contributed by atoms with Gasteiger partial charge in [0.25, 0.3) is 11.8 Å². The lowest BCUT2D eigenvalue weighted by Crippen LogP contribution is -2.44. The minimum atomic E-state index is 0.181. The Hall–Kier alpha value is -3.58. The van der Waals surface area contributed by atoms with Gasteiger partial charge in [0.05, 0.1) is 17.9 Å². The molecule has 0 spiro atoms. The summed E-state index contributed by atoms with van der Waals surface area (Å²) >= 11 is 0. The molecule has 2 aliphatic rings. The van der Waals surface area contributed by atoms with E-state index in [4.69, 9.17) is 5.10 Å². The average Bonchev–Trinajstić information content (AvgIpc) is 3.23. The maximum atomic E-state index is 4.84. The number of aromatic nitrogens is 2. The third-order valence-electron chi connectivity index (χ3n) is 4.54. The molecular weight excluding hydrogens is 326 g/mol. The van der Waals surface area contributed by atoms with E-state index in [2.05, 4.69) is 20.4 Å². The molecule has 3 aromatic rings. The van der Waals surface area contributed by atoms with Gasteiger partial charge in [-0.3, -0.25) is 9.67 Å². The zero-order valence-electron chi connectivity index (χ0n) is 14.1. The molecule has 1 N–H and O–H groups in total. The third kappa shape index (κ3) is 2.18. The summed E-state index contributed by atoms with van der Waals surface area (Å²) in [6.45, 7) is 0. The first-order chi connectivity index (χ1) is 12.7. The highest BCUT2D eigenvalue weighted by Crippen LogP contribution is 2.30. The second-order valence-corrected chi connectivity index (χ2v) is 6.16. The molecule has 2 aromatic carbocycles. The summed E-state index contributed by atoms with van der Waals surface area (Å²) in [4.78, 5) is 8.86. The van der Waals surface area contributed by atoms with Gasteiger partial charge < -0.3 is 5.32 Å². The van der Waals surface area contributed by atoms with Gasteiger partial charge in [-0.1, -0.05) is 22.8 Å². The number of quaternary nitrogens is 1. The fourth-order valence-electron chi connectivity index (χ4n) is 3.21. The molecule has 0 bridgehead atoms. The van der Waals surface area contributed by atoms with E-state index >= 15 is 0 Å². The van der Waals surface area contributed by atoms with Gasteiger partial charge in [0.2, 0.25) is 0 Å². The molecule has 1 unspecified atom stereocenters. The number of hydrogen-bond acceptors (Lipinski definition) is 5. The quantitative estimate of drug-likeness (QED) is 0.727. The molecule has 3 heterocycles. The first-order valence-electron chi connectivity index (χ1n) is 8.28. The highest BCUT2D eigenvalue weighted by atomic mass is 15.7. The number of nitrogens with zero attached hydrogens (tertiary/aromatic N) is 6. The lowest BCUT2D eigenvalue weighted by atomic mass is 10.2. The molecule has 0 saturated heterocycles. The van der Waals surface area contributed by atoms with Crippen molar-refractivity contribution in [1.82, 2.24) is 14.4 Å². The Labute approximate surface area is 149 Å². The molecule has 0 amide bonds. The summed E-state index contributed by atoms with van der Waals surface area (Å²) < 4.78 is 2.03. The topological polar surface area (TPSA) is 66.9 Å². The van der Waals surface area contributed by atoms with Gasteiger partial charge in [-0.25, -0.2) is 0 Å². The number of nitrogens with one attached hydrogen (secondary N) is 1. The Kier molecular flexibility index (Phi) is 3.10. The number of aliphatic imine (C=N–C) groups is 2. The van der Waals surface area contributed by atoms with Gasteiger partial charge in [0, 0.05) is 30.3 Å². The van der Waals surface area contributed by atoms with Crippen LogP contribution < -0.4 is 9.91 Å². The summed E-state index contributed by atoms with van der Waals surface area (Å²) in [6.07, 6.45) is 7.27. The van der Waals surface area contributed by atoms with Gasteiger partial charge in [0.15, 0.2) is 11.9 Å². The van der Waals surface area contributed by atoms with Crippen LogP contribution in [-0.4, -0.2) is 27.8 Å². The molecular formula is C19H16N7+. The van der Waals surface area contributed by atoms with Gasteiger partial charge in [-0.05, 0) is 23.3 Å². The van der Waals surface area contributed by atoms with E-state index in [0.717, 1.165) is 28.1 Å². The number of benzene rings is 2. The number of fused-ring (bicyclic) bond motifs is 2. The molecule has 0 aliphatic carbocycles. The summed E-state index contributed by atoms with van der Waals surface area (Å²) in [6, 6.07) is 16.1. The lowest BCUT2D eigenvalue weighted by molar-refractivity contribution is 0.592. The van der Waals surface area contributed by atoms with Crippen LogP contribution in [0.5, 0.6) is 0 Å². The minimum absolute atomic E-state index is 0.181. The second-order valence-electron chi connectivity index (χ2n) is 6.16. The molecule has 1 atom stereocenters. The molecule has 7 heteroatoms. The average molecular weight is 342 g/mol. The maximum absolute atomic E-state index is 4.84. The van der Waals surface area contributed by atoms with Crippen molar-refractivity contribution in [3.8, 4) is 0 Å². The Morgan fingerprint density at radius 2 is 1.96 bits per heavy atom. The maximum Gasteiger partial charge on any atom is 0.287 e. The first kappa shape index (κ1) is 14.7. The van der Waals surface area contributed by atoms with E-state index in [1.807, 2.05) is 72.7 Å². The fraction of sp³-hybridized carbons (Fsp3) is 0.0526. The Balaban J connectivity index is 1.55. The van der Waals surface area contributed by atoms with E-state index in [-0.39, 0.29) is 4.59 Å². The van der Waals surface area contributed by atoms with Gasteiger partial charge in [-0.2, -0.15) is 10.1 Å². The Bertz CT molecular complexity index is 1120. The van der Waals surface area contributed by atoms with E-state index in [1.165, 1.54) is 0 Å². The molecule has 0 radical (unpaired) electrons. The SMILES string of the molecule is Cn1ncc2ccc(NC3=N[N+]4(c5ccccc5)C=CN=CC4=N3)cc21. The largest absolute Gasteiger partial charge is 0.320 e. The van der Waals surface area contributed by atoms with Crippen LogP contribution in [0, 0.1) is 0 Å². The van der Waals surface area contributed by atoms with Gasteiger partial charge in [0.1, 0.15) is 6.21 Å². The number of rotatable bonds is 2. The summed E-state index contributed by atoms with van der Waals surface area (Å²) in [5, 5.41) is 13.5. The molecule has 1 aromatic heterocycles. The highest BCUT2D eigenvalue weighted by molar-refractivity contribution is 6.38. The Morgan fingerprint density at radius 1 is 1.08 bits per heavy atom. The summed E-state index contributed by atoms with van der Waals surface area (Å²) in [5.41, 5.74) is 2.97. The molecule has 0 fully saturated rings. The molecule has 2 aliphatic heterocycles. The van der Waals surface area contributed by atoms with Crippen LogP contribution in [0.15, 0.2) is 82.2 Å². The van der Waals surface area contributed by atoms with Crippen LogP contribution in [0.3, 0.4) is 0 Å². The van der Waals surface area contributed by atoms with Gasteiger partial charge in [-0.15, -0.1) is 0 Å². The van der Waals surface area contributed by atoms with Crippen LogP contribution in [0.1, 0.15) is 0 Å².